The number of carbonyl (C=O) groups is 1. The largest absolute Gasteiger partial charge is 0.453 e. The molecule has 172 valence electrons. The molecule has 1 aromatic heterocycles. The molecule has 33 heavy (non-hydrogen) atoms. The Morgan fingerprint density at radius 2 is 1.82 bits per heavy atom. The van der Waals surface area contributed by atoms with Crippen molar-refractivity contribution < 1.29 is 31.8 Å². The monoisotopic (exact) mass is 460 g/mol. The van der Waals surface area contributed by atoms with Gasteiger partial charge in [0, 0.05) is 18.8 Å². The maximum atomic E-state index is 14.3. The Kier molecular flexibility index (Phi) is 8.15. The van der Waals surface area contributed by atoms with Gasteiger partial charge in [0.2, 0.25) is 5.91 Å². The van der Waals surface area contributed by atoms with E-state index in [9.17, 15) is 22.4 Å². The van der Waals surface area contributed by atoms with Crippen molar-refractivity contribution in [3.8, 4) is 11.5 Å². The lowest BCUT2D eigenvalue weighted by Crippen LogP contribution is -2.20. The Hall–Kier alpha value is -3.72. The van der Waals surface area contributed by atoms with Crippen molar-refractivity contribution in [2.45, 2.75) is 19.3 Å². The lowest BCUT2D eigenvalue weighted by atomic mass is 10.1. The van der Waals surface area contributed by atoms with E-state index in [-0.39, 0.29) is 24.8 Å². The van der Waals surface area contributed by atoms with Crippen molar-refractivity contribution in [1.82, 2.24) is 10.3 Å². The van der Waals surface area contributed by atoms with Crippen LogP contribution in [0.15, 0.2) is 73.1 Å². The van der Waals surface area contributed by atoms with E-state index in [4.69, 9.17) is 4.74 Å². The molecule has 0 spiro atoms. The second-order valence-corrected chi connectivity index (χ2v) is 6.96. The molecule has 1 N–H and O–H groups in total. The number of nitrogens with zero attached hydrogens (tertiary/aromatic N) is 1. The minimum absolute atomic E-state index is 0.0388. The van der Waals surface area contributed by atoms with E-state index < -0.39 is 18.6 Å². The molecule has 0 atom stereocenters. The minimum Gasteiger partial charge on any atom is -0.453 e. The van der Waals surface area contributed by atoms with E-state index in [1.165, 1.54) is 30.5 Å². The highest BCUT2D eigenvalue weighted by Crippen LogP contribution is 2.24. The zero-order valence-corrected chi connectivity index (χ0v) is 17.3. The van der Waals surface area contributed by atoms with Crippen LogP contribution >= 0.6 is 0 Å². The van der Waals surface area contributed by atoms with Crippen LogP contribution in [0.2, 0.25) is 0 Å². The number of halogens is 4. The molecule has 0 aliphatic rings. The third-order valence-electron chi connectivity index (χ3n) is 4.27. The Morgan fingerprint density at radius 1 is 1.06 bits per heavy atom. The molecule has 3 aromatic rings. The van der Waals surface area contributed by atoms with Crippen molar-refractivity contribution >= 4 is 12.0 Å². The molecule has 0 aliphatic carbocycles. The standard InChI is InChI=1S/C24H20F4N2O3/c25-21-12-17(7-9-22(21)33-20-2-1-11-29-14-20)8-10-23(31)30-13-18-3-5-19(6-4-18)15-32-16-24(26,27)28/h1-12,14H,13,15-16H2,(H,30,31)/b10-8+. The summed E-state index contributed by atoms with van der Waals surface area (Å²) in [7, 11) is 0. The normalized spacial score (nSPS) is 11.5. The minimum atomic E-state index is -4.36. The predicted molar refractivity (Wildman–Crippen MR) is 114 cm³/mol. The number of pyridine rings is 1. The van der Waals surface area contributed by atoms with Crippen molar-refractivity contribution in [3.63, 3.8) is 0 Å². The molecule has 0 fully saturated rings. The van der Waals surface area contributed by atoms with E-state index in [1.807, 2.05) is 0 Å². The Labute approximate surface area is 187 Å². The van der Waals surface area contributed by atoms with Crippen LogP contribution in [0.5, 0.6) is 11.5 Å². The van der Waals surface area contributed by atoms with Crippen molar-refractivity contribution in [2.75, 3.05) is 6.61 Å². The number of hydrogen-bond donors (Lipinski definition) is 1. The summed E-state index contributed by atoms with van der Waals surface area (Å²) >= 11 is 0. The molecule has 3 rings (SSSR count). The predicted octanol–water partition coefficient (Wildman–Crippen LogP) is 5.42. The molecular weight excluding hydrogens is 440 g/mol. The lowest BCUT2D eigenvalue weighted by Gasteiger charge is -2.08. The number of ether oxygens (including phenoxy) is 2. The molecule has 5 nitrogen and oxygen atoms in total. The number of aromatic nitrogens is 1. The third kappa shape index (κ3) is 8.38. The summed E-state index contributed by atoms with van der Waals surface area (Å²) in [6.07, 6.45) is 1.42. The number of benzene rings is 2. The van der Waals surface area contributed by atoms with Gasteiger partial charge in [-0.05, 0) is 47.0 Å². The second-order valence-electron chi connectivity index (χ2n) is 6.96. The number of alkyl halides is 3. The van der Waals surface area contributed by atoms with E-state index >= 15 is 0 Å². The van der Waals surface area contributed by atoms with Gasteiger partial charge in [0.25, 0.3) is 0 Å². The van der Waals surface area contributed by atoms with E-state index in [0.717, 1.165) is 5.56 Å². The fraction of sp³-hybridized carbons (Fsp3) is 0.167. The molecule has 1 amide bonds. The maximum Gasteiger partial charge on any atom is 0.411 e. The molecular formula is C24H20F4N2O3. The van der Waals surface area contributed by atoms with Crippen molar-refractivity contribution in [3.05, 3.63) is 95.6 Å². The Morgan fingerprint density at radius 3 is 2.48 bits per heavy atom. The van der Waals surface area contributed by atoms with Gasteiger partial charge >= 0.3 is 6.18 Å². The summed E-state index contributed by atoms with van der Waals surface area (Å²) in [5, 5.41) is 2.68. The SMILES string of the molecule is O=C(/C=C/c1ccc(Oc2cccnc2)c(F)c1)NCc1ccc(COCC(F)(F)F)cc1. The first kappa shape index (κ1) is 23.9. The molecule has 0 saturated carbocycles. The van der Waals surface area contributed by atoms with Gasteiger partial charge in [0.05, 0.1) is 12.8 Å². The first-order chi connectivity index (χ1) is 15.8. The van der Waals surface area contributed by atoms with Crippen LogP contribution in [0.3, 0.4) is 0 Å². The van der Waals surface area contributed by atoms with Gasteiger partial charge in [-0.25, -0.2) is 4.39 Å². The fourth-order valence-electron chi connectivity index (χ4n) is 2.70. The highest BCUT2D eigenvalue weighted by Gasteiger charge is 2.27. The Bertz CT molecular complexity index is 1090. The van der Waals surface area contributed by atoms with E-state index in [1.54, 1.807) is 48.7 Å². The van der Waals surface area contributed by atoms with Crippen LogP contribution in [-0.4, -0.2) is 23.7 Å². The molecule has 1 heterocycles. The van der Waals surface area contributed by atoms with Crippen LogP contribution in [0, 0.1) is 5.82 Å². The van der Waals surface area contributed by atoms with Gasteiger partial charge in [-0.15, -0.1) is 0 Å². The number of amides is 1. The van der Waals surface area contributed by atoms with Crippen LogP contribution < -0.4 is 10.1 Å². The van der Waals surface area contributed by atoms with Gasteiger partial charge in [-0.2, -0.15) is 13.2 Å². The molecule has 9 heteroatoms. The highest BCUT2D eigenvalue weighted by atomic mass is 19.4. The van der Waals surface area contributed by atoms with Gasteiger partial charge in [0.15, 0.2) is 11.6 Å². The van der Waals surface area contributed by atoms with Crippen LogP contribution in [-0.2, 0) is 22.7 Å². The van der Waals surface area contributed by atoms with E-state index in [0.29, 0.717) is 16.9 Å². The lowest BCUT2D eigenvalue weighted by molar-refractivity contribution is -0.176. The van der Waals surface area contributed by atoms with Crippen LogP contribution in [0.4, 0.5) is 17.6 Å². The number of rotatable bonds is 9. The topological polar surface area (TPSA) is 60.5 Å². The molecule has 2 aromatic carbocycles. The Balaban J connectivity index is 1.46. The van der Waals surface area contributed by atoms with Crippen LogP contribution in [0.1, 0.15) is 16.7 Å². The van der Waals surface area contributed by atoms with Crippen molar-refractivity contribution in [2.24, 2.45) is 0 Å². The quantitative estimate of drug-likeness (QED) is 0.342. The van der Waals surface area contributed by atoms with Gasteiger partial charge < -0.3 is 14.8 Å². The molecule has 0 aliphatic heterocycles. The molecule has 0 bridgehead atoms. The van der Waals surface area contributed by atoms with E-state index in [2.05, 4.69) is 15.0 Å². The summed E-state index contributed by atoms with van der Waals surface area (Å²) in [4.78, 5) is 15.9. The zero-order valence-electron chi connectivity index (χ0n) is 17.3. The smallest absolute Gasteiger partial charge is 0.411 e. The first-order valence-corrected chi connectivity index (χ1v) is 9.84. The fourth-order valence-corrected chi connectivity index (χ4v) is 2.70. The third-order valence-corrected chi connectivity index (χ3v) is 4.27. The number of hydrogen-bond acceptors (Lipinski definition) is 4. The maximum absolute atomic E-state index is 14.3. The summed E-state index contributed by atoms with van der Waals surface area (Å²) in [6, 6.07) is 14.3. The highest BCUT2D eigenvalue weighted by molar-refractivity contribution is 5.91. The second kappa shape index (κ2) is 11.2. The summed E-state index contributed by atoms with van der Waals surface area (Å²) in [5.74, 6) is -0.526. The van der Waals surface area contributed by atoms with Gasteiger partial charge in [-0.3, -0.25) is 9.78 Å². The van der Waals surface area contributed by atoms with Gasteiger partial charge in [0.1, 0.15) is 12.4 Å². The number of carbonyl (C=O) groups excluding carboxylic acids is 1. The van der Waals surface area contributed by atoms with Crippen molar-refractivity contribution in [1.29, 1.82) is 0 Å². The van der Waals surface area contributed by atoms with Gasteiger partial charge in [-0.1, -0.05) is 30.3 Å². The summed E-state index contributed by atoms with van der Waals surface area (Å²) in [6.45, 7) is -1.24. The average Bonchev–Trinajstić information content (AvgIpc) is 2.78. The summed E-state index contributed by atoms with van der Waals surface area (Å²) < 4.78 is 60.5. The molecule has 0 radical (unpaired) electrons. The number of nitrogens with one attached hydrogen (secondary N) is 1. The summed E-state index contributed by atoms with van der Waals surface area (Å²) in [5.41, 5.74) is 1.83. The first-order valence-electron chi connectivity index (χ1n) is 9.84. The zero-order chi connectivity index (χ0) is 23.7. The molecule has 0 saturated heterocycles. The average molecular weight is 460 g/mol. The van der Waals surface area contributed by atoms with Crippen LogP contribution in [0.25, 0.3) is 6.08 Å². The molecule has 0 unspecified atom stereocenters.